The van der Waals surface area contributed by atoms with E-state index in [2.05, 4.69) is 46.5 Å². The topological polar surface area (TPSA) is 196 Å². The van der Waals surface area contributed by atoms with Crippen LogP contribution >= 0.6 is 22.7 Å². The standard InChI is InChI=1S/C35H43N9O5S2/c1-4-21-20(30(33(47)42-21)23-7-6-12-36-23)13-27(46)37-15-29-40-19(16-50-29)9-11-28-41-25(17-51-28)26(45)14-38-35(49)44-32-22(5-2)43-34(48)31(32)24-10-8-18(3)39-24/h16-18,21-22H,4-15H2,1-3H3,(H,37,46)(H,42,47)(H,43,48)(H2,38,44,49). The van der Waals surface area contributed by atoms with E-state index in [-0.39, 0.29) is 60.3 Å². The number of ketones is 1. The predicted molar refractivity (Wildman–Crippen MR) is 195 cm³/mol. The van der Waals surface area contributed by atoms with E-state index in [9.17, 15) is 24.0 Å². The summed E-state index contributed by atoms with van der Waals surface area (Å²) in [6.07, 6.45) is 5.88. The first-order chi connectivity index (χ1) is 24.6. The van der Waals surface area contributed by atoms with Crippen molar-refractivity contribution < 1.29 is 24.0 Å². The zero-order valence-electron chi connectivity index (χ0n) is 29.0. The van der Waals surface area contributed by atoms with Gasteiger partial charge in [0, 0.05) is 41.2 Å². The highest BCUT2D eigenvalue weighted by molar-refractivity contribution is 7.10. The van der Waals surface area contributed by atoms with Gasteiger partial charge in [0.05, 0.1) is 59.1 Å². The van der Waals surface area contributed by atoms with E-state index < -0.39 is 6.03 Å². The molecule has 0 aromatic carbocycles. The van der Waals surface area contributed by atoms with E-state index in [4.69, 9.17) is 0 Å². The number of nitrogens with one attached hydrogen (secondary N) is 5. The summed E-state index contributed by atoms with van der Waals surface area (Å²) in [4.78, 5) is 82.1. The molecule has 0 saturated carbocycles. The Kier molecular flexibility index (Phi) is 11.5. The van der Waals surface area contributed by atoms with Crippen LogP contribution in [0.2, 0.25) is 0 Å². The molecule has 5 amide bonds. The maximum absolute atomic E-state index is 12.9. The van der Waals surface area contributed by atoms with Crippen LogP contribution in [-0.2, 0) is 33.8 Å². The second-order valence-electron chi connectivity index (χ2n) is 13.0. The van der Waals surface area contributed by atoms with Crippen LogP contribution in [-0.4, -0.2) is 82.1 Å². The molecule has 4 aliphatic heterocycles. The number of nitrogens with zero attached hydrogens (tertiary/aromatic N) is 4. The number of aryl methyl sites for hydroxylation is 2. The number of carbonyl (C=O) groups excluding carboxylic acids is 5. The summed E-state index contributed by atoms with van der Waals surface area (Å²) < 4.78 is 0. The zero-order chi connectivity index (χ0) is 36.1. The molecule has 4 aliphatic rings. The van der Waals surface area contributed by atoms with Crippen LogP contribution in [0.1, 0.15) is 91.9 Å². The van der Waals surface area contributed by atoms with Crippen molar-refractivity contribution in [2.75, 3.05) is 13.1 Å². The fourth-order valence-electron chi connectivity index (χ4n) is 6.69. The Morgan fingerprint density at radius 2 is 1.67 bits per heavy atom. The third kappa shape index (κ3) is 8.50. The predicted octanol–water partition coefficient (Wildman–Crippen LogP) is 3.10. The quantitative estimate of drug-likeness (QED) is 0.174. The molecule has 3 unspecified atom stereocenters. The summed E-state index contributed by atoms with van der Waals surface area (Å²) in [6.45, 7) is 6.68. The third-order valence-electron chi connectivity index (χ3n) is 9.34. The highest BCUT2D eigenvalue weighted by Crippen LogP contribution is 2.28. The van der Waals surface area contributed by atoms with Gasteiger partial charge < -0.3 is 26.6 Å². The van der Waals surface area contributed by atoms with Crippen molar-refractivity contribution in [2.24, 2.45) is 9.98 Å². The van der Waals surface area contributed by atoms with Gasteiger partial charge in [-0.15, -0.1) is 22.7 Å². The van der Waals surface area contributed by atoms with Crippen LogP contribution in [0.15, 0.2) is 43.2 Å². The van der Waals surface area contributed by atoms with Crippen molar-refractivity contribution >= 4 is 63.6 Å². The molecule has 3 atom stereocenters. The number of carbonyl (C=O) groups is 5. The summed E-state index contributed by atoms with van der Waals surface area (Å²) in [5.41, 5.74) is 5.00. The fourth-order valence-corrected chi connectivity index (χ4v) is 8.26. The van der Waals surface area contributed by atoms with Crippen LogP contribution in [0.3, 0.4) is 0 Å². The normalized spacial score (nSPS) is 21.5. The molecular weight excluding hydrogens is 691 g/mol. The maximum Gasteiger partial charge on any atom is 0.319 e. The minimum atomic E-state index is -0.569. The monoisotopic (exact) mass is 733 g/mol. The van der Waals surface area contributed by atoms with Gasteiger partial charge in [-0.2, -0.15) is 0 Å². The van der Waals surface area contributed by atoms with E-state index in [1.54, 1.807) is 5.38 Å². The van der Waals surface area contributed by atoms with Crippen LogP contribution in [0, 0.1) is 0 Å². The van der Waals surface area contributed by atoms with Crippen LogP contribution in [0.4, 0.5) is 4.79 Å². The number of urea groups is 1. The minimum absolute atomic E-state index is 0.133. The molecule has 0 aliphatic carbocycles. The Morgan fingerprint density at radius 1 is 0.902 bits per heavy atom. The molecule has 0 spiro atoms. The van der Waals surface area contributed by atoms with Crippen LogP contribution < -0.4 is 26.6 Å². The first-order valence-electron chi connectivity index (χ1n) is 17.6. The Balaban J connectivity index is 0.958. The lowest BCUT2D eigenvalue weighted by Crippen LogP contribution is -2.41. The molecule has 2 aromatic rings. The van der Waals surface area contributed by atoms with Gasteiger partial charge in [-0.3, -0.25) is 29.2 Å². The van der Waals surface area contributed by atoms with E-state index in [1.165, 1.54) is 22.7 Å². The first kappa shape index (κ1) is 36.2. The van der Waals surface area contributed by atoms with E-state index in [1.807, 2.05) is 26.2 Å². The summed E-state index contributed by atoms with van der Waals surface area (Å²) in [5, 5.41) is 19.4. The Bertz CT molecular complexity index is 1860. The molecule has 2 aromatic heterocycles. The summed E-state index contributed by atoms with van der Waals surface area (Å²) >= 11 is 2.84. The van der Waals surface area contributed by atoms with Crippen molar-refractivity contribution in [3.8, 4) is 0 Å². The average Bonchev–Trinajstić information content (AvgIpc) is 3.96. The first-order valence-corrected chi connectivity index (χ1v) is 19.3. The third-order valence-corrected chi connectivity index (χ3v) is 11.2. The molecule has 270 valence electrons. The number of rotatable bonds is 15. The van der Waals surface area contributed by atoms with Crippen molar-refractivity contribution in [1.82, 2.24) is 36.6 Å². The van der Waals surface area contributed by atoms with Crippen LogP contribution in [0.5, 0.6) is 0 Å². The summed E-state index contributed by atoms with van der Waals surface area (Å²) in [7, 11) is 0. The van der Waals surface area contributed by atoms with Crippen molar-refractivity contribution in [3.05, 3.63) is 54.6 Å². The molecule has 0 saturated heterocycles. The number of hydrogen-bond acceptors (Lipinski definition) is 11. The molecule has 5 N–H and O–H groups in total. The van der Waals surface area contributed by atoms with Gasteiger partial charge in [-0.25, -0.2) is 14.8 Å². The van der Waals surface area contributed by atoms with Gasteiger partial charge in [-0.1, -0.05) is 13.8 Å². The number of Topliss-reactive ketones (excluding diaryl/α,β-unsaturated/α-hetero) is 1. The molecular formula is C35H43N9O5S2. The molecule has 0 radical (unpaired) electrons. The lowest BCUT2D eigenvalue weighted by atomic mass is 9.95. The second-order valence-corrected chi connectivity index (χ2v) is 14.9. The Hall–Kier alpha value is -4.57. The van der Waals surface area contributed by atoms with E-state index in [0.29, 0.717) is 67.7 Å². The van der Waals surface area contributed by atoms with Gasteiger partial charge in [0.15, 0.2) is 0 Å². The Labute approximate surface area is 304 Å². The highest BCUT2D eigenvalue weighted by atomic mass is 32.1. The SMILES string of the molecule is CCC1NC(=O)C(C2=NCCC2)=C1CC(=O)NCc1nc(CCc2nc(C(=O)CNC(=O)NC3=C(C4=NC(C)CC4)C(=O)NC3CC)cs2)cs1. The summed E-state index contributed by atoms with van der Waals surface area (Å²) in [5.74, 6) is -0.857. The molecule has 51 heavy (non-hydrogen) atoms. The van der Waals surface area contributed by atoms with Gasteiger partial charge in [0.2, 0.25) is 11.7 Å². The molecule has 6 rings (SSSR count). The fraction of sp³-hybridized carbons (Fsp3) is 0.514. The number of aliphatic imine (C=N–C) groups is 2. The largest absolute Gasteiger partial charge is 0.349 e. The molecule has 16 heteroatoms. The molecule has 0 bridgehead atoms. The van der Waals surface area contributed by atoms with E-state index in [0.717, 1.165) is 46.3 Å². The highest BCUT2D eigenvalue weighted by Gasteiger charge is 2.36. The number of aromatic nitrogens is 2. The van der Waals surface area contributed by atoms with Crippen molar-refractivity contribution in [2.45, 2.75) is 103 Å². The lowest BCUT2D eigenvalue weighted by Gasteiger charge is -2.15. The molecule has 6 heterocycles. The number of thiazole rings is 2. The molecule has 0 fully saturated rings. The smallest absolute Gasteiger partial charge is 0.319 e. The molecule has 14 nitrogen and oxygen atoms in total. The van der Waals surface area contributed by atoms with Gasteiger partial charge in [0.25, 0.3) is 11.8 Å². The average molecular weight is 734 g/mol. The zero-order valence-corrected chi connectivity index (χ0v) is 30.7. The van der Waals surface area contributed by atoms with Gasteiger partial charge in [0.1, 0.15) is 10.7 Å². The van der Waals surface area contributed by atoms with E-state index >= 15 is 0 Å². The minimum Gasteiger partial charge on any atom is -0.349 e. The van der Waals surface area contributed by atoms with Gasteiger partial charge >= 0.3 is 6.03 Å². The van der Waals surface area contributed by atoms with Gasteiger partial charge in [-0.05, 0) is 57.4 Å². The Morgan fingerprint density at radius 3 is 2.39 bits per heavy atom. The number of hydrogen-bond donors (Lipinski definition) is 5. The van der Waals surface area contributed by atoms with Crippen molar-refractivity contribution in [1.29, 1.82) is 0 Å². The van der Waals surface area contributed by atoms with Crippen molar-refractivity contribution in [3.63, 3.8) is 0 Å². The lowest BCUT2D eigenvalue weighted by molar-refractivity contribution is -0.120. The second kappa shape index (κ2) is 16.2. The summed E-state index contributed by atoms with van der Waals surface area (Å²) in [6, 6.07) is -0.918. The number of amides is 5. The van der Waals surface area contributed by atoms with Crippen LogP contribution in [0.25, 0.3) is 0 Å². The maximum atomic E-state index is 12.9.